The molecule has 0 aliphatic heterocycles. The standard InChI is InChI=1S/C13H22N4O2/c1-9(8-11(18)19)17-12(14-15-16-17)10-6-4-5-7-13(10,2)3/h9-10H,4-8H2,1-3H3,(H,18,19). The Balaban J connectivity index is 2.25. The molecule has 1 aliphatic rings. The van der Waals surface area contributed by atoms with Gasteiger partial charge in [0.25, 0.3) is 0 Å². The number of aromatic nitrogens is 4. The molecule has 2 rings (SSSR count). The highest BCUT2D eigenvalue weighted by Crippen LogP contribution is 2.46. The highest BCUT2D eigenvalue weighted by atomic mass is 16.4. The van der Waals surface area contributed by atoms with E-state index in [2.05, 4.69) is 29.4 Å². The number of nitrogens with zero attached hydrogens (tertiary/aromatic N) is 4. The van der Waals surface area contributed by atoms with E-state index >= 15 is 0 Å². The van der Waals surface area contributed by atoms with Crippen molar-refractivity contribution in [3.05, 3.63) is 5.82 Å². The Morgan fingerprint density at radius 1 is 1.53 bits per heavy atom. The molecule has 19 heavy (non-hydrogen) atoms. The van der Waals surface area contributed by atoms with E-state index in [4.69, 9.17) is 5.11 Å². The number of tetrazole rings is 1. The Morgan fingerprint density at radius 2 is 2.26 bits per heavy atom. The first kappa shape index (κ1) is 14.0. The van der Waals surface area contributed by atoms with E-state index in [1.165, 1.54) is 12.8 Å². The van der Waals surface area contributed by atoms with Crippen molar-refractivity contribution in [1.29, 1.82) is 0 Å². The molecule has 1 heterocycles. The number of hydrogen-bond donors (Lipinski definition) is 1. The van der Waals surface area contributed by atoms with Gasteiger partial charge >= 0.3 is 5.97 Å². The first-order valence-corrected chi connectivity index (χ1v) is 6.91. The van der Waals surface area contributed by atoms with Crippen molar-refractivity contribution in [3.8, 4) is 0 Å². The first-order chi connectivity index (χ1) is 8.92. The molecule has 0 spiro atoms. The molecule has 1 aromatic heterocycles. The van der Waals surface area contributed by atoms with Crippen LogP contribution >= 0.6 is 0 Å². The van der Waals surface area contributed by atoms with Crippen LogP contribution in [0.4, 0.5) is 0 Å². The molecule has 1 saturated carbocycles. The van der Waals surface area contributed by atoms with Crippen molar-refractivity contribution in [1.82, 2.24) is 20.2 Å². The highest BCUT2D eigenvalue weighted by Gasteiger charge is 2.37. The molecule has 0 saturated heterocycles. The van der Waals surface area contributed by atoms with Crippen LogP contribution in [0.3, 0.4) is 0 Å². The van der Waals surface area contributed by atoms with E-state index in [-0.39, 0.29) is 17.9 Å². The third kappa shape index (κ3) is 2.93. The predicted molar refractivity (Wildman–Crippen MR) is 69.8 cm³/mol. The van der Waals surface area contributed by atoms with E-state index in [1.54, 1.807) is 4.68 Å². The van der Waals surface area contributed by atoms with Gasteiger partial charge in [-0.2, -0.15) is 0 Å². The second kappa shape index (κ2) is 5.27. The summed E-state index contributed by atoms with van der Waals surface area (Å²) >= 11 is 0. The van der Waals surface area contributed by atoms with Gasteiger partial charge in [0.05, 0.1) is 12.5 Å². The summed E-state index contributed by atoms with van der Waals surface area (Å²) in [7, 11) is 0. The number of rotatable bonds is 4. The largest absolute Gasteiger partial charge is 0.481 e. The summed E-state index contributed by atoms with van der Waals surface area (Å²) in [6.45, 7) is 6.35. The summed E-state index contributed by atoms with van der Waals surface area (Å²) in [6, 6.07) is -0.208. The van der Waals surface area contributed by atoms with Gasteiger partial charge in [-0.25, -0.2) is 4.68 Å². The number of carboxylic acid groups (broad SMARTS) is 1. The van der Waals surface area contributed by atoms with Crippen molar-refractivity contribution in [2.24, 2.45) is 5.41 Å². The maximum absolute atomic E-state index is 10.8. The van der Waals surface area contributed by atoms with Crippen LogP contribution in [0.1, 0.15) is 70.7 Å². The zero-order valence-corrected chi connectivity index (χ0v) is 11.8. The van der Waals surface area contributed by atoms with E-state index in [0.717, 1.165) is 18.7 Å². The minimum absolute atomic E-state index is 0.0468. The van der Waals surface area contributed by atoms with Crippen LogP contribution in [0.15, 0.2) is 0 Å². The minimum Gasteiger partial charge on any atom is -0.481 e. The molecule has 6 nitrogen and oxygen atoms in total. The number of carboxylic acids is 1. The van der Waals surface area contributed by atoms with Crippen LogP contribution in [0, 0.1) is 5.41 Å². The zero-order chi connectivity index (χ0) is 14.0. The van der Waals surface area contributed by atoms with Crippen molar-refractivity contribution in [3.63, 3.8) is 0 Å². The van der Waals surface area contributed by atoms with Crippen molar-refractivity contribution < 1.29 is 9.90 Å². The topological polar surface area (TPSA) is 80.9 Å². The molecule has 1 aliphatic carbocycles. The third-order valence-corrected chi connectivity index (χ3v) is 4.22. The van der Waals surface area contributed by atoms with Gasteiger partial charge in [0.1, 0.15) is 0 Å². The highest BCUT2D eigenvalue weighted by molar-refractivity contribution is 5.67. The Hall–Kier alpha value is -1.46. The molecule has 1 N–H and O–H groups in total. The van der Waals surface area contributed by atoms with Crippen LogP contribution in [-0.4, -0.2) is 31.3 Å². The lowest BCUT2D eigenvalue weighted by atomic mass is 9.68. The van der Waals surface area contributed by atoms with E-state index in [9.17, 15) is 4.79 Å². The molecule has 1 aromatic rings. The fourth-order valence-electron chi connectivity index (χ4n) is 3.06. The van der Waals surface area contributed by atoms with Crippen molar-refractivity contribution in [2.45, 2.75) is 64.8 Å². The first-order valence-electron chi connectivity index (χ1n) is 6.91. The van der Waals surface area contributed by atoms with E-state index in [0.29, 0.717) is 5.92 Å². The van der Waals surface area contributed by atoms with E-state index < -0.39 is 5.97 Å². The Kier molecular flexibility index (Phi) is 3.87. The normalized spacial score (nSPS) is 24.1. The molecular formula is C13H22N4O2. The minimum atomic E-state index is -0.822. The van der Waals surface area contributed by atoms with Gasteiger partial charge in [-0.15, -0.1) is 5.10 Å². The van der Waals surface area contributed by atoms with Crippen LogP contribution in [-0.2, 0) is 4.79 Å². The van der Waals surface area contributed by atoms with Gasteiger partial charge in [-0.1, -0.05) is 26.7 Å². The Morgan fingerprint density at radius 3 is 2.89 bits per heavy atom. The fraction of sp³-hybridized carbons (Fsp3) is 0.846. The molecule has 6 heteroatoms. The van der Waals surface area contributed by atoms with Crippen molar-refractivity contribution in [2.75, 3.05) is 0 Å². The number of carbonyl (C=O) groups is 1. The summed E-state index contributed by atoms with van der Waals surface area (Å²) in [6.07, 6.45) is 4.72. The average Bonchev–Trinajstić information content (AvgIpc) is 2.76. The summed E-state index contributed by atoms with van der Waals surface area (Å²) in [5, 5.41) is 20.8. The van der Waals surface area contributed by atoms with Gasteiger partial charge in [-0.3, -0.25) is 4.79 Å². The molecule has 1 fully saturated rings. The molecule has 0 bridgehead atoms. The fourth-order valence-corrected chi connectivity index (χ4v) is 3.06. The van der Waals surface area contributed by atoms with Crippen LogP contribution < -0.4 is 0 Å². The maximum atomic E-state index is 10.8. The molecule has 2 atom stereocenters. The van der Waals surface area contributed by atoms with Crippen LogP contribution in [0.25, 0.3) is 0 Å². The quantitative estimate of drug-likeness (QED) is 0.905. The van der Waals surface area contributed by atoms with E-state index in [1.807, 2.05) is 6.92 Å². The lowest BCUT2D eigenvalue weighted by molar-refractivity contribution is -0.137. The molecule has 0 aromatic carbocycles. The van der Waals surface area contributed by atoms with Crippen LogP contribution in [0.2, 0.25) is 0 Å². The van der Waals surface area contributed by atoms with Gasteiger partial charge in [0.15, 0.2) is 5.82 Å². The molecule has 0 amide bonds. The number of hydrogen-bond acceptors (Lipinski definition) is 4. The van der Waals surface area contributed by atoms with Gasteiger partial charge in [0, 0.05) is 5.92 Å². The van der Waals surface area contributed by atoms with Crippen molar-refractivity contribution >= 4 is 5.97 Å². The monoisotopic (exact) mass is 266 g/mol. The lowest BCUT2D eigenvalue weighted by Crippen LogP contribution is -2.29. The second-order valence-electron chi connectivity index (χ2n) is 6.22. The summed E-state index contributed by atoms with van der Waals surface area (Å²) in [4.78, 5) is 10.8. The van der Waals surface area contributed by atoms with Gasteiger partial charge in [-0.05, 0) is 35.6 Å². The Bertz CT molecular complexity index is 455. The van der Waals surface area contributed by atoms with Crippen LogP contribution in [0.5, 0.6) is 0 Å². The average molecular weight is 266 g/mol. The lowest BCUT2D eigenvalue weighted by Gasteiger charge is -2.38. The number of aliphatic carboxylic acids is 1. The summed E-state index contributed by atoms with van der Waals surface area (Å²) in [5.74, 6) is 0.336. The third-order valence-electron chi connectivity index (χ3n) is 4.22. The smallest absolute Gasteiger partial charge is 0.305 e. The van der Waals surface area contributed by atoms with Gasteiger partial charge < -0.3 is 5.11 Å². The van der Waals surface area contributed by atoms with Gasteiger partial charge in [0.2, 0.25) is 0 Å². The zero-order valence-electron chi connectivity index (χ0n) is 11.8. The summed E-state index contributed by atoms with van der Waals surface area (Å²) < 4.78 is 1.70. The Labute approximate surface area is 113 Å². The molecule has 2 unspecified atom stereocenters. The SMILES string of the molecule is CC(CC(=O)O)n1nnnc1C1CCCCC1(C)C. The second-order valence-corrected chi connectivity index (χ2v) is 6.22. The predicted octanol–water partition coefficient (Wildman–Crippen LogP) is 2.39. The maximum Gasteiger partial charge on any atom is 0.305 e. The molecule has 0 radical (unpaired) electrons. The summed E-state index contributed by atoms with van der Waals surface area (Å²) in [5.41, 5.74) is 0.174. The molecular weight excluding hydrogens is 244 g/mol. The molecule has 106 valence electrons.